The molecule has 3 heterocycles. The van der Waals surface area contributed by atoms with Gasteiger partial charge in [0.1, 0.15) is 6.04 Å². The van der Waals surface area contributed by atoms with Crippen LogP contribution in [0.15, 0.2) is 85.2 Å². The zero-order valence-corrected chi connectivity index (χ0v) is 21.2. The van der Waals surface area contributed by atoms with Crippen LogP contribution in [-0.2, 0) is 20.7 Å². The first-order chi connectivity index (χ1) is 19.0. The smallest absolute Gasteiger partial charge is 0.287 e. The molecular formula is C29H28N6O4. The first-order valence-corrected chi connectivity index (χ1v) is 12.6. The van der Waals surface area contributed by atoms with Gasteiger partial charge in [0.25, 0.3) is 11.8 Å². The van der Waals surface area contributed by atoms with Crippen LogP contribution in [0.25, 0.3) is 17.1 Å². The van der Waals surface area contributed by atoms with E-state index in [1.54, 1.807) is 24.5 Å². The van der Waals surface area contributed by atoms with Crippen LogP contribution >= 0.6 is 0 Å². The minimum atomic E-state index is -1.12. The predicted molar refractivity (Wildman–Crippen MR) is 145 cm³/mol. The number of hydrogen-bond donors (Lipinski definition) is 2. The standard InChI is InChI=1S/C29H28N6O4/c30-27(37)26(36)25(18-20-6-2-1-3-7-20)32-29(38)23-10-5-12-31-28(23)35-13-11-24(33-35)21-8-4-9-22(19-21)34-14-16-39-17-15-34/h1-13,19,25H,14-18H2,(H2,30,37)(H,32,38). The largest absolute Gasteiger partial charge is 0.378 e. The normalized spacial score (nSPS) is 14.0. The lowest BCUT2D eigenvalue weighted by atomic mass is 10.0. The van der Waals surface area contributed by atoms with E-state index in [9.17, 15) is 14.4 Å². The summed E-state index contributed by atoms with van der Waals surface area (Å²) in [5.41, 5.74) is 8.97. The van der Waals surface area contributed by atoms with Crippen molar-refractivity contribution < 1.29 is 19.1 Å². The Hall–Kier alpha value is -4.83. The highest BCUT2D eigenvalue weighted by Crippen LogP contribution is 2.25. The van der Waals surface area contributed by atoms with Crippen molar-refractivity contribution in [2.45, 2.75) is 12.5 Å². The number of nitrogens with one attached hydrogen (secondary N) is 1. The molecule has 0 spiro atoms. The number of benzene rings is 2. The Morgan fingerprint density at radius 3 is 2.54 bits per heavy atom. The number of hydrogen-bond acceptors (Lipinski definition) is 7. The van der Waals surface area contributed by atoms with Gasteiger partial charge in [0.05, 0.1) is 24.5 Å². The highest BCUT2D eigenvalue weighted by Gasteiger charge is 2.27. The van der Waals surface area contributed by atoms with Gasteiger partial charge in [-0.1, -0.05) is 42.5 Å². The molecule has 0 aliphatic carbocycles. The molecule has 1 fully saturated rings. The van der Waals surface area contributed by atoms with E-state index < -0.39 is 23.6 Å². The van der Waals surface area contributed by atoms with Crippen molar-refractivity contribution in [3.8, 4) is 17.1 Å². The molecule has 1 aliphatic rings. The number of anilines is 1. The van der Waals surface area contributed by atoms with Crippen LogP contribution in [0.5, 0.6) is 0 Å². The van der Waals surface area contributed by atoms with Gasteiger partial charge in [-0.05, 0) is 35.9 Å². The number of nitrogens with zero attached hydrogens (tertiary/aromatic N) is 4. The molecule has 198 valence electrons. The number of amides is 2. The molecule has 0 radical (unpaired) electrons. The van der Waals surface area contributed by atoms with E-state index in [1.165, 1.54) is 4.68 Å². The van der Waals surface area contributed by atoms with Gasteiger partial charge in [-0.25, -0.2) is 9.67 Å². The summed E-state index contributed by atoms with van der Waals surface area (Å²) in [6.45, 7) is 3.04. The zero-order chi connectivity index (χ0) is 27.2. The van der Waals surface area contributed by atoms with Crippen molar-refractivity contribution in [2.24, 2.45) is 5.73 Å². The second kappa shape index (κ2) is 11.7. The van der Waals surface area contributed by atoms with Crippen molar-refractivity contribution in [1.29, 1.82) is 0 Å². The molecule has 0 saturated carbocycles. The summed E-state index contributed by atoms with van der Waals surface area (Å²) < 4.78 is 6.98. The molecule has 10 nitrogen and oxygen atoms in total. The maximum atomic E-state index is 13.4. The van der Waals surface area contributed by atoms with Gasteiger partial charge in [0.2, 0.25) is 5.78 Å². The van der Waals surface area contributed by atoms with Crippen molar-refractivity contribution >= 4 is 23.3 Å². The number of pyridine rings is 1. The number of ketones is 1. The molecular weight excluding hydrogens is 496 g/mol. The second-order valence-corrected chi connectivity index (χ2v) is 9.11. The van der Waals surface area contributed by atoms with Crippen molar-refractivity contribution in [3.63, 3.8) is 0 Å². The number of aromatic nitrogens is 3. The summed E-state index contributed by atoms with van der Waals surface area (Å²) in [6, 6.07) is 21.1. The Labute approximate surface area is 225 Å². The topological polar surface area (TPSA) is 132 Å². The van der Waals surface area contributed by atoms with Crippen molar-refractivity contribution in [1.82, 2.24) is 20.1 Å². The monoisotopic (exact) mass is 524 g/mol. The van der Waals surface area contributed by atoms with Gasteiger partial charge < -0.3 is 20.7 Å². The quantitative estimate of drug-likeness (QED) is 0.321. The van der Waals surface area contributed by atoms with E-state index in [0.717, 1.165) is 29.9 Å². The average molecular weight is 525 g/mol. The lowest BCUT2D eigenvalue weighted by molar-refractivity contribution is -0.137. The Balaban J connectivity index is 1.39. The molecule has 4 aromatic rings. The van der Waals surface area contributed by atoms with Crippen LogP contribution in [-0.4, -0.2) is 64.7 Å². The van der Waals surface area contributed by atoms with Crippen LogP contribution in [0, 0.1) is 0 Å². The molecule has 1 unspecified atom stereocenters. The van der Waals surface area contributed by atoms with Gasteiger partial charge >= 0.3 is 0 Å². The minimum Gasteiger partial charge on any atom is -0.378 e. The number of carbonyl (C=O) groups excluding carboxylic acids is 3. The first kappa shape index (κ1) is 25.8. The van der Waals surface area contributed by atoms with Gasteiger partial charge in [0.15, 0.2) is 5.82 Å². The highest BCUT2D eigenvalue weighted by molar-refractivity contribution is 6.38. The zero-order valence-electron chi connectivity index (χ0n) is 21.2. The van der Waals surface area contributed by atoms with Crippen LogP contribution in [0.3, 0.4) is 0 Å². The van der Waals surface area contributed by atoms with Crippen LogP contribution < -0.4 is 16.0 Å². The summed E-state index contributed by atoms with van der Waals surface area (Å²) in [6.07, 6.45) is 3.41. The molecule has 5 rings (SSSR count). The summed E-state index contributed by atoms with van der Waals surface area (Å²) >= 11 is 0. The van der Waals surface area contributed by atoms with E-state index in [-0.39, 0.29) is 17.8 Å². The SMILES string of the molecule is NC(=O)C(=O)C(Cc1ccccc1)NC(=O)c1cccnc1-n1ccc(-c2cccc(N3CCOCC3)c2)n1. The number of rotatable bonds is 9. The molecule has 1 saturated heterocycles. The van der Waals surface area contributed by atoms with Crippen LogP contribution in [0.1, 0.15) is 15.9 Å². The third-order valence-electron chi connectivity index (χ3n) is 6.50. The molecule has 0 bridgehead atoms. The Kier molecular flexibility index (Phi) is 7.74. The van der Waals surface area contributed by atoms with Crippen LogP contribution in [0.2, 0.25) is 0 Å². The molecule has 1 aliphatic heterocycles. The maximum absolute atomic E-state index is 13.4. The predicted octanol–water partition coefficient (Wildman–Crippen LogP) is 2.17. The highest BCUT2D eigenvalue weighted by atomic mass is 16.5. The summed E-state index contributed by atoms with van der Waals surface area (Å²) in [5, 5.41) is 7.35. The molecule has 3 N–H and O–H groups in total. The third-order valence-corrected chi connectivity index (χ3v) is 6.50. The first-order valence-electron chi connectivity index (χ1n) is 12.6. The lowest BCUT2D eigenvalue weighted by Gasteiger charge is -2.29. The summed E-state index contributed by atoms with van der Waals surface area (Å²) in [5.74, 6) is -2.27. The molecule has 2 amide bonds. The summed E-state index contributed by atoms with van der Waals surface area (Å²) in [7, 11) is 0. The third kappa shape index (κ3) is 6.02. The fourth-order valence-corrected chi connectivity index (χ4v) is 4.50. The maximum Gasteiger partial charge on any atom is 0.287 e. The van der Waals surface area contributed by atoms with E-state index in [1.807, 2.05) is 48.5 Å². The fourth-order valence-electron chi connectivity index (χ4n) is 4.50. The number of Topliss-reactive ketones (excluding diaryl/α,β-unsaturated/α-hetero) is 1. The average Bonchev–Trinajstić information content (AvgIpc) is 3.48. The second-order valence-electron chi connectivity index (χ2n) is 9.11. The number of ether oxygens (including phenoxy) is 1. The number of carbonyl (C=O) groups is 3. The Morgan fingerprint density at radius 2 is 1.77 bits per heavy atom. The Bertz CT molecular complexity index is 1480. The molecule has 39 heavy (non-hydrogen) atoms. The fraction of sp³-hybridized carbons (Fsp3) is 0.207. The van der Waals surface area contributed by atoms with Gasteiger partial charge in [-0.2, -0.15) is 5.10 Å². The van der Waals surface area contributed by atoms with E-state index >= 15 is 0 Å². The van der Waals surface area contributed by atoms with E-state index in [0.29, 0.717) is 18.9 Å². The van der Waals surface area contributed by atoms with E-state index in [4.69, 9.17) is 10.5 Å². The number of morpholine rings is 1. The number of primary amides is 1. The van der Waals surface area contributed by atoms with Gasteiger partial charge in [0, 0.05) is 43.2 Å². The van der Waals surface area contributed by atoms with Crippen molar-refractivity contribution in [2.75, 3.05) is 31.2 Å². The molecule has 10 heteroatoms. The molecule has 2 aromatic heterocycles. The van der Waals surface area contributed by atoms with E-state index in [2.05, 4.69) is 32.4 Å². The molecule has 1 atom stereocenters. The van der Waals surface area contributed by atoms with Gasteiger partial charge in [-0.3, -0.25) is 14.4 Å². The molecule has 2 aromatic carbocycles. The van der Waals surface area contributed by atoms with Gasteiger partial charge in [-0.15, -0.1) is 0 Å². The van der Waals surface area contributed by atoms with Crippen LogP contribution in [0.4, 0.5) is 5.69 Å². The number of nitrogens with two attached hydrogens (primary N) is 1. The lowest BCUT2D eigenvalue weighted by Crippen LogP contribution is -2.47. The Morgan fingerprint density at radius 1 is 0.974 bits per heavy atom. The van der Waals surface area contributed by atoms with Crippen molar-refractivity contribution in [3.05, 3.63) is 96.3 Å². The minimum absolute atomic E-state index is 0.120. The summed E-state index contributed by atoms with van der Waals surface area (Å²) in [4.78, 5) is 44.2.